The van der Waals surface area contributed by atoms with Gasteiger partial charge in [0.1, 0.15) is 6.54 Å². The highest BCUT2D eigenvalue weighted by molar-refractivity contribution is 7.99. The van der Waals surface area contributed by atoms with Crippen molar-refractivity contribution < 1.29 is 13.2 Å². The summed E-state index contributed by atoms with van der Waals surface area (Å²) < 4.78 is 37.2. The third-order valence-electron chi connectivity index (χ3n) is 2.86. The molecule has 0 atom stereocenters. The highest BCUT2D eigenvalue weighted by Gasteiger charge is 2.29. The van der Waals surface area contributed by atoms with E-state index < -0.39 is 23.7 Å². The van der Waals surface area contributed by atoms with Gasteiger partial charge in [-0.05, 0) is 23.4 Å². The van der Waals surface area contributed by atoms with E-state index >= 15 is 0 Å². The molecule has 4 nitrogen and oxygen atoms in total. The highest BCUT2D eigenvalue weighted by Crippen LogP contribution is 2.21. The molecular weight excluding hydrogens is 317 g/mol. The van der Waals surface area contributed by atoms with Gasteiger partial charge in [0.15, 0.2) is 0 Å². The molecule has 0 spiro atoms. The van der Waals surface area contributed by atoms with Gasteiger partial charge in [-0.2, -0.15) is 13.2 Å². The standard InChI is InChI=1S/C14H13F3N2O2S/c1-2-22-10-5-3-9(4-6-10)11-7-18-19(8-14(15,16)17)13(21)12(11)20/h3-7,18H,2,8H2,1H3. The summed E-state index contributed by atoms with van der Waals surface area (Å²) in [6, 6.07) is 6.92. The van der Waals surface area contributed by atoms with Gasteiger partial charge in [-0.1, -0.05) is 19.1 Å². The highest BCUT2D eigenvalue weighted by atomic mass is 32.2. The van der Waals surface area contributed by atoms with Crippen LogP contribution in [0.15, 0.2) is 44.9 Å². The van der Waals surface area contributed by atoms with Crippen LogP contribution in [0, 0.1) is 0 Å². The average molecular weight is 330 g/mol. The number of alkyl halides is 3. The van der Waals surface area contributed by atoms with Crippen molar-refractivity contribution in [2.45, 2.75) is 24.5 Å². The van der Waals surface area contributed by atoms with Gasteiger partial charge < -0.3 is 5.10 Å². The van der Waals surface area contributed by atoms with Gasteiger partial charge in [-0.25, -0.2) is 4.68 Å². The zero-order valence-electron chi connectivity index (χ0n) is 11.6. The lowest BCUT2D eigenvalue weighted by Crippen LogP contribution is -2.39. The Balaban J connectivity index is 2.39. The van der Waals surface area contributed by atoms with E-state index in [0.29, 0.717) is 5.56 Å². The second kappa shape index (κ2) is 6.43. The van der Waals surface area contributed by atoms with E-state index in [1.807, 2.05) is 6.92 Å². The van der Waals surface area contributed by atoms with Gasteiger partial charge in [0.2, 0.25) is 0 Å². The molecule has 118 valence electrons. The fraction of sp³-hybridized carbons (Fsp3) is 0.286. The Hall–Kier alpha value is -1.96. The fourth-order valence-electron chi connectivity index (χ4n) is 1.91. The lowest BCUT2D eigenvalue weighted by molar-refractivity contribution is -0.143. The molecule has 2 rings (SSSR count). The first kappa shape index (κ1) is 16.4. The Labute approximate surface area is 128 Å². The largest absolute Gasteiger partial charge is 0.408 e. The number of hydrogen-bond acceptors (Lipinski definition) is 3. The minimum Gasteiger partial charge on any atom is -0.302 e. The van der Waals surface area contributed by atoms with Crippen LogP contribution in [0.3, 0.4) is 0 Å². The first-order valence-electron chi connectivity index (χ1n) is 6.44. The van der Waals surface area contributed by atoms with Gasteiger partial charge in [0.05, 0.1) is 5.56 Å². The maximum absolute atomic E-state index is 12.3. The van der Waals surface area contributed by atoms with Crippen molar-refractivity contribution in [3.63, 3.8) is 0 Å². The first-order valence-corrected chi connectivity index (χ1v) is 7.43. The minimum absolute atomic E-state index is 0.0523. The summed E-state index contributed by atoms with van der Waals surface area (Å²) in [4.78, 5) is 24.7. The number of thioether (sulfide) groups is 1. The molecule has 0 fully saturated rings. The van der Waals surface area contributed by atoms with Crippen LogP contribution in [0.5, 0.6) is 0 Å². The normalized spacial score (nSPS) is 11.6. The van der Waals surface area contributed by atoms with Crippen molar-refractivity contribution in [1.82, 2.24) is 9.78 Å². The Morgan fingerprint density at radius 1 is 1.18 bits per heavy atom. The summed E-state index contributed by atoms with van der Waals surface area (Å²) in [5, 5.41) is 2.22. The number of aromatic nitrogens is 2. The van der Waals surface area contributed by atoms with Gasteiger partial charge in [-0.15, -0.1) is 11.8 Å². The first-order chi connectivity index (χ1) is 10.3. The summed E-state index contributed by atoms with van der Waals surface area (Å²) in [5.74, 6) is 0.896. The van der Waals surface area contributed by atoms with E-state index in [1.54, 1.807) is 36.0 Å². The molecule has 0 unspecified atom stereocenters. The average Bonchev–Trinajstić information content (AvgIpc) is 2.44. The molecule has 0 aliphatic rings. The molecule has 0 amide bonds. The molecule has 0 radical (unpaired) electrons. The van der Waals surface area contributed by atoms with Gasteiger partial charge in [0.25, 0.3) is 5.43 Å². The van der Waals surface area contributed by atoms with Crippen LogP contribution in [0.25, 0.3) is 11.1 Å². The van der Waals surface area contributed by atoms with Crippen LogP contribution in [0.4, 0.5) is 13.2 Å². The van der Waals surface area contributed by atoms with E-state index in [1.165, 1.54) is 0 Å². The quantitative estimate of drug-likeness (QED) is 0.693. The molecule has 1 heterocycles. The molecule has 1 aromatic heterocycles. The van der Waals surface area contributed by atoms with Crippen molar-refractivity contribution in [1.29, 1.82) is 0 Å². The van der Waals surface area contributed by atoms with E-state index in [-0.39, 0.29) is 10.2 Å². The van der Waals surface area contributed by atoms with Crippen molar-refractivity contribution >= 4 is 11.8 Å². The van der Waals surface area contributed by atoms with Crippen LogP contribution in [-0.4, -0.2) is 21.7 Å². The third-order valence-corrected chi connectivity index (χ3v) is 3.76. The summed E-state index contributed by atoms with van der Waals surface area (Å²) in [6.07, 6.45) is -3.45. The molecule has 0 aliphatic heterocycles. The number of nitrogens with one attached hydrogen (secondary N) is 1. The minimum atomic E-state index is -4.58. The number of benzene rings is 1. The van der Waals surface area contributed by atoms with Crippen molar-refractivity contribution in [2.24, 2.45) is 0 Å². The van der Waals surface area contributed by atoms with Crippen molar-refractivity contribution in [2.75, 3.05) is 5.75 Å². The number of H-pyrrole nitrogens is 1. The van der Waals surface area contributed by atoms with Gasteiger partial charge >= 0.3 is 11.7 Å². The number of halogens is 3. The number of rotatable bonds is 4. The molecule has 22 heavy (non-hydrogen) atoms. The number of aromatic amines is 1. The Morgan fingerprint density at radius 2 is 1.82 bits per heavy atom. The van der Waals surface area contributed by atoms with Gasteiger partial charge in [0, 0.05) is 11.1 Å². The van der Waals surface area contributed by atoms with E-state index in [0.717, 1.165) is 16.8 Å². The van der Waals surface area contributed by atoms with Crippen LogP contribution >= 0.6 is 11.8 Å². The third kappa shape index (κ3) is 3.82. The van der Waals surface area contributed by atoms with Crippen LogP contribution in [0.2, 0.25) is 0 Å². The molecule has 1 N–H and O–H groups in total. The van der Waals surface area contributed by atoms with Crippen molar-refractivity contribution in [3.8, 4) is 11.1 Å². The van der Waals surface area contributed by atoms with Gasteiger partial charge in [-0.3, -0.25) is 9.59 Å². The second-order valence-electron chi connectivity index (χ2n) is 4.48. The van der Waals surface area contributed by atoms with Crippen molar-refractivity contribution in [3.05, 3.63) is 51.0 Å². The van der Waals surface area contributed by atoms with Crippen LogP contribution < -0.4 is 11.0 Å². The smallest absolute Gasteiger partial charge is 0.302 e. The number of nitrogens with zero attached hydrogens (tertiary/aromatic N) is 1. The zero-order valence-corrected chi connectivity index (χ0v) is 12.4. The maximum Gasteiger partial charge on any atom is 0.408 e. The maximum atomic E-state index is 12.3. The topological polar surface area (TPSA) is 54.9 Å². The lowest BCUT2D eigenvalue weighted by Gasteiger charge is -2.10. The predicted molar refractivity (Wildman–Crippen MR) is 79.2 cm³/mol. The van der Waals surface area contributed by atoms with E-state index in [9.17, 15) is 22.8 Å². The molecule has 0 bridgehead atoms. The summed E-state index contributed by atoms with van der Waals surface area (Å²) in [6.45, 7) is 0.483. The molecule has 1 aromatic carbocycles. The molecule has 0 saturated carbocycles. The Bertz CT molecular complexity index is 763. The lowest BCUT2D eigenvalue weighted by atomic mass is 10.1. The molecule has 0 saturated heterocycles. The molecule has 2 aromatic rings. The van der Waals surface area contributed by atoms with E-state index in [4.69, 9.17) is 0 Å². The summed E-state index contributed by atoms with van der Waals surface area (Å²) in [5.41, 5.74) is -1.64. The molecular formula is C14H13F3N2O2S. The predicted octanol–water partition coefficient (Wildman–Crippen LogP) is 2.88. The fourth-order valence-corrected chi connectivity index (χ4v) is 2.57. The number of hydrogen-bond donors (Lipinski definition) is 1. The molecule has 0 aliphatic carbocycles. The Kier molecular flexibility index (Phi) is 4.80. The zero-order chi connectivity index (χ0) is 16.3. The summed E-state index contributed by atoms with van der Waals surface area (Å²) in [7, 11) is 0. The van der Waals surface area contributed by atoms with E-state index in [2.05, 4.69) is 5.10 Å². The molecule has 8 heteroatoms. The SMILES string of the molecule is CCSc1ccc(-c2c[nH]n(CC(F)(F)F)c(=O)c2=O)cc1. The Morgan fingerprint density at radius 3 is 2.36 bits per heavy atom. The van der Waals surface area contributed by atoms with Crippen LogP contribution in [0.1, 0.15) is 6.92 Å². The second-order valence-corrected chi connectivity index (χ2v) is 5.82. The van der Waals surface area contributed by atoms with Crippen LogP contribution in [-0.2, 0) is 6.54 Å². The summed E-state index contributed by atoms with van der Waals surface area (Å²) >= 11 is 1.62. The monoisotopic (exact) mass is 330 g/mol.